The molecular weight excluding hydrogens is 228 g/mol. The quantitative estimate of drug-likeness (QED) is 0.856. The highest BCUT2D eigenvalue weighted by atomic mass is 16.2. The Labute approximate surface area is 106 Å². The van der Waals surface area contributed by atoms with Crippen LogP contribution in [0.15, 0.2) is 12.3 Å². The summed E-state index contributed by atoms with van der Waals surface area (Å²) in [5, 5.41) is 7.00. The number of H-pyrrole nitrogens is 1. The minimum Gasteiger partial charge on any atom is -0.335 e. The maximum Gasteiger partial charge on any atom is 0.224 e. The van der Waals surface area contributed by atoms with Crippen LogP contribution in [-0.2, 0) is 11.3 Å². The number of likely N-dealkylation sites (tertiary alicyclic amines) is 2. The second-order valence-electron chi connectivity index (χ2n) is 5.71. The van der Waals surface area contributed by atoms with Gasteiger partial charge in [-0.2, -0.15) is 5.10 Å². The zero-order chi connectivity index (χ0) is 12.1. The molecule has 0 unspecified atom stereocenters. The van der Waals surface area contributed by atoms with E-state index in [0.29, 0.717) is 24.0 Å². The van der Waals surface area contributed by atoms with Gasteiger partial charge in [-0.05, 0) is 25.3 Å². The summed E-state index contributed by atoms with van der Waals surface area (Å²) in [6.45, 7) is 2.00. The summed E-state index contributed by atoms with van der Waals surface area (Å²) < 4.78 is 0. The van der Waals surface area contributed by atoms with E-state index in [9.17, 15) is 4.79 Å². The Balaban J connectivity index is 1.50. The lowest BCUT2D eigenvalue weighted by Gasteiger charge is -2.25. The minimum atomic E-state index is 0.377. The molecule has 96 valence electrons. The maximum absolute atomic E-state index is 12.1. The number of aromatic amines is 1. The van der Waals surface area contributed by atoms with E-state index in [1.165, 1.54) is 12.8 Å². The number of rotatable bonds is 3. The third-order valence-corrected chi connectivity index (χ3v) is 4.53. The molecule has 0 radical (unpaired) electrons. The van der Waals surface area contributed by atoms with E-state index in [0.717, 1.165) is 31.6 Å². The Morgan fingerprint density at radius 2 is 2.22 bits per heavy atom. The largest absolute Gasteiger partial charge is 0.335 e. The number of amides is 1. The van der Waals surface area contributed by atoms with Crippen molar-refractivity contribution in [3.05, 3.63) is 18.0 Å². The Kier molecular flexibility index (Phi) is 2.24. The lowest BCUT2D eigenvalue weighted by molar-refractivity contribution is -0.129. The Hall–Kier alpha value is -1.36. The summed E-state index contributed by atoms with van der Waals surface area (Å²) in [6.07, 6.45) is 6.08. The summed E-state index contributed by atoms with van der Waals surface area (Å²) in [6, 6.07) is 3.50. The SMILES string of the molecule is O=C1C[C@H]2[C@H](CCN2Cc2ccn[nH]2)N1C1CC1. The molecule has 18 heavy (non-hydrogen) atoms. The number of hydrogen-bond acceptors (Lipinski definition) is 3. The highest BCUT2D eigenvalue weighted by Crippen LogP contribution is 2.40. The number of nitrogens with one attached hydrogen (secondary N) is 1. The Bertz CT molecular complexity index is 454. The van der Waals surface area contributed by atoms with Crippen LogP contribution < -0.4 is 0 Å². The second kappa shape index (κ2) is 3.82. The summed E-state index contributed by atoms with van der Waals surface area (Å²) in [5.74, 6) is 0.377. The van der Waals surface area contributed by atoms with Gasteiger partial charge in [0.05, 0.1) is 0 Å². The average Bonchev–Trinajstić information content (AvgIpc) is 2.79. The van der Waals surface area contributed by atoms with Gasteiger partial charge < -0.3 is 4.90 Å². The molecule has 5 heteroatoms. The molecule has 1 aliphatic carbocycles. The zero-order valence-corrected chi connectivity index (χ0v) is 10.4. The van der Waals surface area contributed by atoms with Gasteiger partial charge in [-0.25, -0.2) is 0 Å². The van der Waals surface area contributed by atoms with E-state index < -0.39 is 0 Å². The van der Waals surface area contributed by atoms with Gasteiger partial charge >= 0.3 is 0 Å². The van der Waals surface area contributed by atoms with Gasteiger partial charge in [0.25, 0.3) is 0 Å². The van der Waals surface area contributed by atoms with Crippen LogP contribution >= 0.6 is 0 Å². The van der Waals surface area contributed by atoms with Gasteiger partial charge in [0.1, 0.15) is 0 Å². The molecule has 0 bridgehead atoms. The predicted octanol–water partition coefficient (Wildman–Crippen LogP) is 0.747. The molecule has 1 aromatic heterocycles. The molecule has 3 aliphatic rings. The molecule has 5 nitrogen and oxygen atoms in total. The molecule has 3 heterocycles. The number of carbonyl (C=O) groups excluding carboxylic acids is 1. The van der Waals surface area contributed by atoms with Gasteiger partial charge in [0.2, 0.25) is 5.91 Å². The van der Waals surface area contributed by atoms with Crippen LogP contribution in [0.3, 0.4) is 0 Å². The number of nitrogens with zero attached hydrogens (tertiary/aromatic N) is 3. The standard InChI is InChI=1S/C13H18N4O/c18-13-7-12-11(17(13)10-1-2-10)4-6-16(12)8-9-3-5-14-15-9/h3,5,10-12H,1-2,4,6-8H2,(H,14,15)/t11-,12-/m0/s1. The summed E-state index contributed by atoms with van der Waals surface area (Å²) in [4.78, 5) is 16.7. The molecule has 1 aromatic rings. The molecule has 0 spiro atoms. The Morgan fingerprint density at radius 3 is 2.94 bits per heavy atom. The first-order valence-corrected chi connectivity index (χ1v) is 6.86. The van der Waals surface area contributed by atoms with E-state index >= 15 is 0 Å². The van der Waals surface area contributed by atoms with E-state index in [2.05, 4.69) is 20.0 Å². The normalized spacial score (nSPS) is 32.2. The maximum atomic E-state index is 12.1. The zero-order valence-electron chi connectivity index (χ0n) is 10.4. The van der Waals surface area contributed by atoms with Crippen molar-refractivity contribution in [1.29, 1.82) is 0 Å². The van der Waals surface area contributed by atoms with Gasteiger partial charge in [-0.1, -0.05) is 0 Å². The molecular formula is C13H18N4O. The van der Waals surface area contributed by atoms with E-state index in [1.807, 2.05) is 6.07 Å². The van der Waals surface area contributed by atoms with Gasteiger partial charge in [0, 0.05) is 49.5 Å². The van der Waals surface area contributed by atoms with Crippen molar-refractivity contribution in [3.8, 4) is 0 Å². The van der Waals surface area contributed by atoms with Crippen molar-refractivity contribution in [1.82, 2.24) is 20.0 Å². The van der Waals surface area contributed by atoms with Crippen LogP contribution in [0, 0.1) is 0 Å². The molecule has 2 saturated heterocycles. The van der Waals surface area contributed by atoms with Crippen molar-refractivity contribution < 1.29 is 4.79 Å². The molecule has 3 fully saturated rings. The van der Waals surface area contributed by atoms with Crippen LogP contribution in [0.2, 0.25) is 0 Å². The highest BCUT2D eigenvalue weighted by Gasteiger charge is 2.50. The fourth-order valence-electron chi connectivity index (χ4n) is 3.57. The smallest absolute Gasteiger partial charge is 0.224 e. The topological polar surface area (TPSA) is 52.2 Å². The van der Waals surface area contributed by atoms with Crippen molar-refractivity contribution in [2.75, 3.05) is 6.54 Å². The van der Waals surface area contributed by atoms with Gasteiger partial charge in [0.15, 0.2) is 0 Å². The summed E-state index contributed by atoms with van der Waals surface area (Å²) >= 11 is 0. The molecule has 2 atom stereocenters. The molecule has 1 amide bonds. The second-order valence-corrected chi connectivity index (χ2v) is 5.71. The number of fused-ring (bicyclic) bond motifs is 1. The van der Waals surface area contributed by atoms with E-state index in [-0.39, 0.29) is 0 Å². The first-order chi connectivity index (χ1) is 8.83. The van der Waals surface area contributed by atoms with E-state index in [4.69, 9.17) is 0 Å². The van der Waals surface area contributed by atoms with Crippen LogP contribution in [0.25, 0.3) is 0 Å². The highest BCUT2D eigenvalue weighted by molar-refractivity contribution is 5.81. The lowest BCUT2D eigenvalue weighted by Crippen LogP contribution is -2.38. The molecule has 4 rings (SSSR count). The summed E-state index contributed by atoms with van der Waals surface area (Å²) in [5.41, 5.74) is 1.15. The fraction of sp³-hybridized carbons (Fsp3) is 0.692. The van der Waals surface area contributed by atoms with Crippen molar-refractivity contribution >= 4 is 5.91 Å². The van der Waals surface area contributed by atoms with Gasteiger partial charge in [-0.3, -0.25) is 14.8 Å². The third kappa shape index (κ3) is 1.57. The van der Waals surface area contributed by atoms with E-state index in [1.54, 1.807) is 6.20 Å². The summed E-state index contributed by atoms with van der Waals surface area (Å²) in [7, 11) is 0. The number of hydrogen-bond donors (Lipinski definition) is 1. The van der Waals surface area contributed by atoms with Crippen molar-refractivity contribution in [2.45, 2.75) is 50.4 Å². The number of aromatic nitrogens is 2. The molecule has 2 aliphatic heterocycles. The lowest BCUT2D eigenvalue weighted by atomic mass is 10.1. The number of carbonyl (C=O) groups is 1. The van der Waals surface area contributed by atoms with Gasteiger partial charge in [-0.15, -0.1) is 0 Å². The van der Waals surface area contributed by atoms with Crippen LogP contribution in [0.1, 0.15) is 31.4 Å². The monoisotopic (exact) mass is 246 g/mol. The first-order valence-electron chi connectivity index (χ1n) is 6.86. The Morgan fingerprint density at radius 1 is 1.33 bits per heavy atom. The van der Waals surface area contributed by atoms with Crippen LogP contribution in [-0.4, -0.2) is 50.6 Å². The van der Waals surface area contributed by atoms with Crippen molar-refractivity contribution in [3.63, 3.8) is 0 Å². The molecule has 1 N–H and O–H groups in total. The fourth-order valence-corrected chi connectivity index (χ4v) is 3.57. The molecule has 1 saturated carbocycles. The van der Waals surface area contributed by atoms with Crippen LogP contribution in [0.4, 0.5) is 0 Å². The first kappa shape index (κ1) is 10.6. The minimum absolute atomic E-state index is 0.377. The predicted molar refractivity (Wildman–Crippen MR) is 65.7 cm³/mol. The molecule has 0 aromatic carbocycles. The van der Waals surface area contributed by atoms with Crippen LogP contribution in [0.5, 0.6) is 0 Å². The third-order valence-electron chi connectivity index (χ3n) is 4.53. The average molecular weight is 246 g/mol. The van der Waals surface area contributed by atoms with Crippen molar-refractivity contribution in [2.24, 2.45) is 0 Å².